The summed E-state index contributed by atoms with van der Waals surface area (Å²) in [7, 11) is 1.58. The molecule has 0 fully saturated rings. The molecule has 1 atom stereocenters. The number of methoxy groups -OCH3 is 1. The molecule has 0 aliphatic rings. The van der Waals surface area contributed by atoms with Gasteiger partial charge >= 0.3 is 0 Å². The number of aliphatic hydroxyl groups excluding tert-OH is 1. The molecule has 1 aromatic rings. The minimum atomic E-state index is -0.820. The summed E-state index contributed by atoms with van der Waals surface area (Å²) in [5.74, 6) is 0.700. The molecule has 0 aromatic heterocycles. The molecule has 0 aliphatic carbocycles. The smallest absolute Gasteiger partial charge is 0.133 e. The number of rotatable bonds is 3. The van der Waals surface area contributed by atoms with Crippen molar-refractivity contribution in [3.05, 3.63) is 28.2 Å². The zero-order chi connectivity index (χ0) is 12.3. The Balaban J connectivity index is 3.08. The minimum absolute atomic E-state index is 0.694. The van der Waals surface area contributed by atoms with Crippen LogP contribution >= 0.6 is 15.9 Å². The van der Waals surface area contributed by atoms with Gasteiger partial charge in [0.25, 0.3) is 0 Å². The van der Waals surface area contributed by atoms with Gasteiger partial charge in [0.1, 0.15) is 5.75 Å². The van der Waals surface area contributed by atoms with E-state index in [4.69, 9.17) is 10.00 Å². The molecule has 0 radical (unpaired) electrons. The number of aliphatic hydroxyl groups is 1. The van der Waals surface area contributed by atoms with Crippen LogP contribution in [0.3, 0.4) is 0 Å². The van der Waals surface area contributed by atoms with Crippen molar-refractivity contribution < 1.29 is 9.84 Å². The van der Waals surface area contributed by atoms with Crippen molar-refractivity contribution in [2.45, 2.75) is 20.0 Å². The summed E-state index contributed by atoms with van der Waals surface area (Å²) in [4.78, 5) is 0. The van der Waals surface area contributed by atoms with Gasteiger partial charge in [-0.1, -0.05) is 6.07 Å². The van der Waals surface area contributed by atoms with Crippen LogP contribution in [0.15, 0.2) is 22.7 Å². The van der Waals surface area contributed by atoms with Crippen LogP contribution in [0.4, 0.5) is 0 Å². The summed E-state index contributed by atoms with van der Waals surface area (Å²) in [6.45, 7) is 3.41. The molecule has 0 amide bonds. The van der Waals surface area contributed by atoms with Gasteiger partial charge in [-0.3, -0.25) is 0 Å². The van der Waals surface area contributed by atoms with E-state index in [9.17, 15) is 5.11 Å². The lowest BCUT2D eigenvalue weighted by molar-refractivity contribution is 0.0867. The summed E-state index contributed by atoms with van der Waals surface area (Å²) in [5.41, 5.74) is -0.118. The predicted molar refractivity (Wildman–Crippen MR) is 65.0 cm³/mol. The van der Waals surface area contributed by atoms with Gasteiger partial charge in [0.05, 0.1) is 29.2 Å². The van der Waals surface area contributed by atoms with Gasteiger partial charge in [0.15, 0.2) is 0 Å². The van der Waals surface area contributed by atoms with Crippen molar-refractivity contribution in [1.29, 1.82) is 5.26 Å². The topological polar surface area (TPSA) is 53.2 Å². The van der Waals surface area contributed by atoms with Crippen LogP contribution in [0.5, 0.6) is 5.75 Å². The van der Waals surface area contributed by atoms with Crippen molar-refractivity contribution in [3.63, 3.8) is 0 Å². The van der Waals surface area contributed by atoms with E-state index in [1.165, 1.54) is 0 Å². The average Bonchev–Trinajstić information content (AvgIpc) is 2.27. The van der Waals surface area contributed by atoms with Gasteiger partial charge in [-0.25, -0.2) is 0 Å². The molecule has 1 N–H and O–H groups in total. The van der Waals surface area contributed by atoms with Gasteiger partial charge in [0, 0.05) is 0 Å². The molecule has 16 heavy (non-hydrogen) atoms. The summed E-state index contributed by atoms with van der Waals surface area (Å²) < 4.78 is 5.86. The molecule has 0 heterocycles. The first-order valence-electron chi connectivity index (χ1n) is 4.85. The summed E-state index contributed by atoms with van der Waals surface area (Å²) in [6, 6.07) is 7.37. The fraction of sp³-hybridized carbons (Fsp3) is 0.417. The zero-order valence-corrected chi connectivity index (χ0v) is 11.1. The van der Waals surface area contributed by atoms with Crippen molar-refractivity contribution in [2.24, 2.45) is 5.41 Å². The van der Waals surface area contributed by atoms with Crippen molar-refractivity contribution in [1.82, 2.24) is 0 Å². The highest BCUT2D eigenvalue weighted by Crippen LogP contribution is 2.35. The number of nitriles is 1. The molecule has 0 spiro atoms. The first kappa shape index (κ1) is 13.0. The van der Waals surface area contributed by atoms with E-state index in [0.29, 0.717) is 11.3 Å². The molecule has 4 heteroatoms. The first-order chi connectivity index (χ1) is 7.42. The Morgan fingerprint density at radius 3 is 2.56 bits per heavy atom. The highest BCUT2D eigenvalue weighted by Gasteiger charge is 2.29. The lowest BCUT2D eigenvalue weighted by atomic mass is 9.84. The van der Waals surface area contributed by atoms with E-state index in [1.807, 2.05) is 0 Å². The van der Waals surface area contributed by atoms with Crippen LogP contribution in [-0.2, 0) is 0 Å². The molecular formula is C12H14BrNO2. The first-order valence-corrected chi connectivity index (χ1v) is 5.64. The third-order valence-corrected chi connectivity index (χ3v) is 3.08. The third kappa shape index (κ3) is 2.55. The molecule has 0 aliphatic heterocycles. The maximum absolute atomic E-state index is 10.1. The van der Waals surface area contributed by atoms with Gasteiger partial charge in [0.2, 0.25) is 0 Å². The van der Waals surface area contributed by atoms with Crippen LogP contribution in [-0.4, -0.2) is 12.2 Å². The van der Waals surface area contributed by atoms with E-state index >= 15 is 0 Å². The van der Waals surface area contributed by atoms with Crippen LogP contribution in [0, 0.1) is 16.7 Å². The average molecular weight is 284 g/mol. The normalized spacial score (nSPS) is 13.0. The zero-order valence-electron chi connectivity index (χ0n) is 9.49. The Hall–Kier alpha value is -1.05. The quantitative estimate of drug-likeness (QED) is 0.928. The molecule has 0 bridgehead atoms. The second-order valence-electron chi connectivity index (χ2n) is 4.13. The Kier molecular flexibility index (Phi) is 3.95. The monoisotopic (exact) mass is 283 g/mol. The van der Waals surface area contributed by atoms with Crippen molar-refractivity contribution >= 4 is 15.9 Å². The maximum Gasteiger partial charge on any atom is 0.133 e. The maximum atomic E-state index is 10.1. The molecule has 1 unspecified atom stereocenters. The SMILES string of the molecule is COc1ccc(C(O)C(C)(C)C#N)cc1Br. The number of halogens is 1. The molecule has 86 valence electrons. The predicted octanol–water partition coefficient (Wildman–Crippen LogP) is 3.04. The largest absolute Gasteiger partial charge is 0.496 e. The molecule has 3 nitrogen and oxygen atoms in total. The van der Waals surface area contributed by atoms with Gasteiger partial charge < -0.3 is 9.84 Å². The number of hydrogen-bond acceptors (Lipinski definition) is 3. The van der Waals surface area contributed by atoms with Gasteiger partial charge in [-0.05, 0) is 47.5 Å². The van der Waals surface area contributed by atoms with Crippen molar-refractivity contribution in [2.75, 3.05) is 7.11 Å². The standard InChI is InChI=1S/C12H14BrNO2/c1-12(2,7-14)11(15)8-4-5-10(16-3)9(13)6-8/h4-6,11,15H,1-3H3. The molecule has 0 saturated carbocycles. The molecule has 1 aromatic carbocycles. The van der Waals surface area contributed by atoms with Gasteiger partial charge in [-0.2, -0.15) is 5.26 Å². The van der Waals surface area contributed by atoms with Crippen LogP contribution < -0.4 is 4.74 Å². The third-order valence-electron chi connectivity index (χ3n) is 2.46. The fourth-order valence-electron chi connectivity index (χ4n) is 1.33. The Morgan fingerprint density at radius 2 is 2.12 bits per heavy atom. The van der Waals surface area contributed by atoms with E-state index in [2.05, 4.69) is 22.0 Å². The van der Waals surface area contributed by atoms with E-state index in [1.54, 1.807) is 39.2 Å². The van der Waals surface area contributed by atoms with E-state index in [-0.39, 0.29) is 0 Å². The lowest BCUT2D eigenvalue weighted by Gasteiger charge is -2.23. The van der Waals surface area contributed by atoms with Crippen LogP contribution in [0.1, 0.15) is 25.5 Å². The Bertz CT molecular complexity index is 424. The highest BCUT2D eigenvalue weighted by atomic mass is 79.9. The fourth-order valence-corrected chi connectivity index (χ4v) is 1.89. The van der Waals surface area contributed by atoms with E-state index < -0.39 is 11.5 Å². The van der Waals surface area contributed by atoms with Crippen molar-refractivity contribution in [3.8, 4) is 11.8 Å². The minimum Gasteiger partial charge on any atom is -0.496 e. The Labute approximate surface area is 104 Å². The van der Waals surface area contributed by atoms with Crippen LogP contribution in [0.25, 0.3) is 0 Å². The summed E-state index contributed by atoms with van der Waals surface area (Å²) in [5, 5.41) is 19.0. The second kappa shape index (κ2) is 4.86. The summed E-state index contributed by atoms with van der Waals surface area (Å²) >= 11 is 3.35. The van der Waals surface area contributed by atoms with Gasteiger partial charge in [-0.15, -0.1) is 0 Å². The number of ether oxygens (including phenoxy) is 1. The molecule has 0 saturated heterocycles. The summed E-state index contributed by atoms with van der Waals surface area (Å²) in [6.07, 6.45) is -0.820. The molecular weight excluding hydrogens is 270 g/mol. The Morgan fingerprint density at radius 1 is 1.50 bits per heavy atom. The van der Waals surface area contributed by atoms with E-state index in [0.717, 1.165) is 4.47 Å². The lowest BCUT2D eigenvalue weighted by Crippen LogP contribution is -2.19. The highest BCUT2D eigenvalue weighted by molar-refractivity contribution is 9.10. The van der Waals surface area contributed by atoms with Crippen LogP contribution in [0.2, 0.25) is 0 Å². The second-order valence-corrected chi connectivity index (χ2v) is 4.98. The molecule has 1 rings (SSSR count). The number of benzene rings is 1. The number of nitrogens with zero attached hydrogens (tertiary/aromatic N) is 1. The number of hydrogen-bond donors (Lipinski definition) is 1.